The van der Waals surface area contributed by atoms with E-state index in [9.17, 15) is 0 Å². The predicted octanol–water partition coefficient (Wildman–Crippen LogP) is 2.98. The maximum Gasteiger partial charge on any atom is 0.263 e. The van der Waals surface area contributed by atoms with Gasteiger partial charge in [-0.05, 0) is 18.2 Å². The van der Waals surface area contributed by atoms with Crippen LogP contribution < -0.4 is 0 Å². The molecule has 0 bridgehead atoms. The number of benzene rings is 1. The number of hydrogen-bond acceptors (Lipinski definition) is 3. The summed E-state index contributed by atoms with van der Waals surface area (Å²) in [5.74, 6) is 0.502. The van der Waals surface area contributed by atoms with Crippen molar-refractivity contribution >= 4 is 26.8 Å². The molecule has 5 heteroatoms. The molecule has 4 nitrogen and oxygen atoms in total. The Hall–Kier alpha value is -1.62. The van der Waals surface area contributed by atoms with Crippen molar-refractivity contribution in [2.24, 2.45) is 0 Å². The fourth-order valence-corrected chi connectivity index (χ4v) is 1.87. The molecule has 1 N–H and O–H groups in total. The highest BCUT2D eigenvalue weighted by Gasteiger charge is 2.07. The average molecular weight is 264 g/mol. The van der Waals surface area contributed by atoms with Crippen LogP contribution in [0.2, 0.25) is 0 Å². The summed E-state index contributed by atoms with van der Waals surface area (Å²) in [5, 5.41) is 8.60. The number of aromatic amines is 1. The molecule has 0 aliphatic carbocycles. The van der Waals surface area contributed by atoms with Gasteiger partial charge in [0.2, 0.25) is 6.39 Å². The number of rotatable bonds is 1. The SMILES string of the molecule is Brc1ccc2cc(-c3nnco3)[nH]c2c1. The lowest BCUT2D eigenvalue weighted by Crippen LogP contribution is -1.76. The zero-order chi connectivity index (χ0) is 10.3. The van der Waals surface area contributed by atoms with Crippen LogP contribution in [-0.4, -0.2) is 15.2 Å². The molecular formula is C10H6BrN3O. The quantitative estimate of drug-likeness (QED) is 0.735. The lowest BCUT2D eigenvalue weighted by atomic mass is 10.2. The van der Waals surface area contributed by atoms with Crippen molar-refractivity contribution < 1.29 is 4.42 Å². The summed E-state index contributed by atoms with van der Waals surface area (Å²) in [4.78, 5) is 3.21. The second-order valence-electron chi connectivity index (χ2n) is 3.16. The molecule has 0 aliphatic rings. The van der Waals surface area contributed by atoms with E-state index in [0.717, 1.165) is 21.1 Å². The second kappa shape index (κ2) is 3.20. The highest BCUT2D eigenvalue weighted by molar-refractivity contribution is 9.10. The largest absolute Gasteiger partial charge is 0.422 e. The van der Waals surface area contributed by atoms with Crippen molar-refractivity contribution in [1.82, 2.24) is 15.2 Å². The molecule has 15 heavy (non-hydrogen) atoms. The van der Waals surface area contributed by atoms with Crippen molar-refractivity contribution in [2.45, 2.75) is 0 Å². The van der Waals surface area contributed by atoms with Gasteiger partial charge in [-0.3, -0.25) is 0 Å². The third-order valence-electron chi connectivity index (χ3n) is 2.17. The van der Waals surface area contributed by atoms with E-state index in [1.807, 2.05) is 24.3 Å². The Morgan fingerprint density at radius 2 is 2.20 bits per heavy atom. The molecule has 0 atom stereocenters. The molecule has 74 valence electrons. The number of halogens is 1. The fourth-order valence-electron chi connectivity index (χ4n) is 1.50. The van der Waals surface area contributed by atoms with E-state index in [1.165, 1.54) is 6.39 Å². The minimum Gasteiger partial charge on any atom is -0.422 e. The summed E-state index contributed by atoms with van der Waals surface area (Å²) in [7, 11) is 0. The monoisotopic (exact) mass is 263 g/mol. The second-order valence-corrected chi connectivity index (χ2v) is 4.07. The predicted molar refractivity (Wildman–Crippen MR) is 59.3 cm³/mol. The Morgan fingerprint density at radius 1 is 1.27 bits per heavy atom. The van der Waals surface area contributed by atoms with Crippen LogP contribution in [0.1, 0.15) is 0 Å². The van der Waals surface area contributed by atoms with Gasteiger partial charge in [-0.15, -0.1) is 10.2 Å². The summed E-state index contributed by atoms with van der Waals surface area (Å²) in [6, 6.07) is 8.01. The molecule has 0 aliphatic heterocycles. The van der Waals surface area contributed by atoms with Gasteiger partial charge in [0.05, 0.1) is 0 Å². The third kappa shape index (κ3) is 1.45. The van der Waals surface area contributed by atoms with Crippen LogP contribution in [0.15, 0.2) is 39.5 Å². The molecule has 0 radical (unpaired) electrons. The summed E-state index contributed by atoms with van der Waals surface area (Å²) < 4.78 is 6.15. The zero-order valence-corrected chi connectivity index (χ0v) is 9.15. The van der Waals surface area contributed by atoms with E-state index in [-0.39, 0.29) is 0 Å². The number of nitrogens with one attached hydrogen (secondary N) is 1. The van der Waals surface area contributed by atoms with E-state index < -0.39 is 0 Å². The zero-order valence-electron chi connectivity index (χ0n) is 7.57. The van der Waals surface area contributed by atoms with Crippen LogP contribution in [0.5, 0.6) is 0 Å². The molecule has 0 saturated heterocycles. The van der Waals surface area contributed by atoms with Gasteiger partial charge in [-0.2, -0.15) is 0 Å². The standard InChI is InChI=1S/C10H6BrN3O/c11-7-2-1-6-3-9(13-8(6)4-7)10-14-12-5-15-10/h1-5,13H. The number of nitrogens with zero attached hydrogens (tertiary/aromatic N) is 2. The first-order valence-electron chi connectivity index (χ1n) is 4.38. The number of H-pyrrole nitrogens is 1. The summed E-state index contributed by atoms with van der Waals surface area (Å²) in [5.41, 5.74) is 1.87. The molecular weight excluding hydrogens is 258 g/mol. The molecule has 0 amide bonds. The Labute approximate surface area is 93.4 Å². The van der Waals surface area contributed by atoms with Crippen LogP contribution in [0.25, 0.3) is 22.5 Å². The maximum absolute atomic E-state index is 5.11. The van der Waals surface area contributed by atoms with Crippen molar-refractivity contribution in [2.75, 3.05) is 0 Å². The van der Waals surface area contributed by atoms with Crippen LogP contribution in [0, 0.1) is 0 Å². The molecule has 0 spiro atoms. The van der Waals surface area contributed by atoms with Crippen molar-refractivity contribution in [3.63, 3.8) is 0 Å². The van der Waals surface area contributed by atoms with Crippen LogP contribution in [0.3, 0.4) is 0 Å². The Morgan fingerprint density at radius 3 is 3.00 bits per heavy atom. The normalized spacial score (nSPS) is 11.0. The topological polar surface area (TPSA) is 54.7 Å². The van der Waals surface area contributed by atoms with Crippen molar-refractivity contribution in [1.29, 1.82) is 0 Å². The summed E-state index contributed by atoms with van der Waals surface area (Å²) in [6.07, 6.45) is 1.32. The minimum absolute atomic E-state index is 0.502. The first-order chi connectivity index (χ1) is 7.33. The van der Waals surface area contributed by atoms with Crippen LogP contribution in [-0.2, 0) is 0 Å². The first-order valence-corrected chi connectivity index (χ1v) is 5.17. The lowest BCUT2D eigenvalue weighted by Gasteiger charge is -1.89. The van der Waals surface area contributed by atoms with Gasteiger partial charge in [0.25, 0.3) is 5.89 Å². The first kappa shape index (κ1) is 8.67. The smallest absolute Gasteiger partial charge is 0.263 e. The molecule has 1 aromatic carbocycles. The Balaban J connectivity index is 2.22. The van der Waals surface area contributed by atoms with Gasteiger partial charge in [-0.1, -0.05) is 22.0 Å². The Kier molecular flexibility index (Phi) is 1.85. The third-order valence-corrected chi connectivity index (χ3v) is 2.67. The number of fused-ring (bicyclic) bond motifs is 1. The van der Waals surface area contributed by atoms with E-state index in [0.29, 0.717) is 5.89 Å². The molecule has 0 saturated carbocycles. The number of aromatic nitrogens is 3. The van der Waals surface area contributed by atoms with E-state index >= 15 is 0 Å². The molecule has 2 aromatic heterocycles. The van der Waals surface area contributed by atoms with E-state index in [2.05, 4.69) is 31.1 Å². The van der Waals surface area contributed by atoms with Gasteiger partial charge < -0.3 is 9.40 Å². The molecule has 3 rings (SSSR count). The summed E-state index contributed by atoms with van der Waals surface area (Å²) >= 11 is 3.42. The van der Waals surface area contributed by atoms with Crippen LogP contribution in [0.4, 0.5) is 0 Å². The molecule has 0 unspecified atom stereocenters. The van der Waals surface area contributed by atoms with Gasteiger partial charge >= 0.3 is 0 Å². The minimum atomic E-state index is 0.502. The Bertz CT molecular complexity index is 600. The van der Waals surface area contributed by atoms with Gasteiger partial charge in [0.15, 0.2) is 0 Å². The van der Waals surface area contributed by atoms with Gasteiger partial charge in [0.1, 0.15) is 5.69 Å². The van der Waals surface area contributed by atoms with E-state index in [1.54, 1.807) is 0 Å². The van der Waals surface area contributed by atoms with Gasteiger partial charge in [0, 0.05) is 15.4 Å². The lowest BCUT2D eigenvalue weighted by molar-refractivity contribution is 0.567. The van der Waals surface area contributed by atoms with Crippen molar-refractivity contribution in [3.05, 3.63) is 35.1 Å². The average Bonchev–Trinajstić information content (AvgIpc) is 2.84. The molecule has 2 heterocycles. The van der Waals surface area contributed by atoms with Crippen LogP contribution >= 0.6 is 15.9 Å². The summed E-state index contributed by atoms with van der Waals surface area (Å²) in [6.45, 7) is 0. The fraction of sp³-hybridized carbons (Fsp3) is 0. The van der Waals surface area contributed by atoms with E-state index in [4.69, 9.17) is 4.42 Å². The number of hydrogen-bond donors (Lipinski definition) is 1. The highest BCUT2D eigenvalue weighted by Crippen LogP contribution is 2.24. The van der Waals surface area contributed by atoms with Gasteiger partial charge in [-0.25, -0.2) is 0 Å². The van der Waals surface area contributed by atoms with Crippen molar-refractivity contribution in [3.8, 4) is 11.6 Å². The highest BCUT2D eigenvalue weighted by atomic mass is 79.9. The maximum atomic E-state index is 5.11. The molecule has 0 fully saturated rings. The molecule has 3 aromatic rings.